The third kappa shape index (κ3) is 7.31. The van der Waals surface area contributed by atoms with Crippen LogP contribution >= 0.6 is 0 Å². The van der Waals surface area contributed by atoms with Gasteiger partial charge in [-0.25, -0.2) is 4.79 Å². The molecule has 1 aromatic rings. The first-order valence-electron chi connectivity index (χ1n) is 6.86. The molecule has 1 unspecified atom stereocenters. The van der Waals surface area contributed by atoms with Gasteiger partial charge in [-0.3, -0.25) is 4.79 Å². The average molecular weight is 295 g/mol. The van der Waals surface area contributed by atoms with Crippen LogP contribution in [0.1, 0.15) is 24.8 Å². The molecule has 0 aliphatic rings. The minimum Gasteiger partial charge on any atom is -0.494 e. The lowest BCUT2D eigenvalue weighted by atomic mass is 10.2. The standard InChI is InChI=1S/C15H21NO5/c1-11-4-6-12(7-5-11)21-10-2-3-14(18)16-9-8-13(17)15(19)20/h4-7,13,17H,2-3,8-10H2,1H3,(H,16,18)(H,19,20). The summed E-state index contributed by atoms with van der Waals surface area (Å²) in [5, 5.41) is 20.1. The summed E-state index contributed by atoms with van der Waals surface area (Å²) >= 11 is 0. The number of aryl methyl sites for hydroxylation is 1. The van der Waals surface area contributed by atoms with Crippen molar-refractivity contribution in [3.05, 3.63) is 29.8 Å². The molecule has 1 atom stereocenters. The normalized spacial score (nSPS) is 11.7. The van der Waals surface area contributed by atoms with Crippen LogP contribution in [0.4, 0.5) is 0 Å². The smallest absolute Gasteiger partial charge is 0.332 e. The van der Waals surface area contributed by atoms with Crippen molar-refractivity contribution in [2.75, 3.05) is 13.2 Å². The number of carbonyl (C=O) groups is 2. The summed E-state index contributed by atoms with van der Waals surface area (Å²) in [4.78, 5) is 21.8. The molecule has 0 aliphatic heterocycles. The zero-order chi connectivity index (χ0) is 15.7. The molecule has 1 amide bonds. The Labute approximate surface area is 123 Å². The molecule has 0 fully saturated rings. The Morgan fingerprint density at radius 3 is 2.57 bits per heavy atom. The van der Waals surface area contributed by atoms with Gasteiger partial charge in [0.2, 0.25) is 5.91 Å². The largest absolute Gasteiger partial charge is 0.494 e. The number of amides is 1. The van der Waals surface area contributed by atoms with E-state index < -0.39 is 12.1 Å². The van der Waals surface area contributed by atoms with E-state index in [9.17, 15) is 9.59 Å². The first kappa shape index (κ1) is 17.0. The molecule has 116 valence electrons. The van der Waals surface area contributed by atoms with Crippen LogP contribution in [0.3, 0.4) is 0 Å². The van der Waals surface area contributed by atoms with Gasteiger partial charge in [-0.1, -0.05) is 17.7 Å². The van der Waals surface area contributed by atoms with E-state index in [0.717, 1.165) is 11.3 Å². The molecular formula is C15H21NO5. The first-order chi connectivity index (χ1) is 9.99. The zero-order valence-electron chi connectivity index (χ0n) is 12.0. The fraction of sp³-hybridized carbons (Fsp3) is 0.467. The van der Waals surface area contributed by atoms with E-state index in [-0.39, 0.29) is 18.9 Å². The number of aliphatic hydroxyl groups is 1. The van der Waals surface area contributed by atoms with Gasteiger partial charge in [-0.05, 0) is 25.5 Å². The third-order valence-electron chi connectivity index (χ3n) is 2.86. The topological polar surface area (TPSA) is 95.9 Å². The molecule has 3 N–H and O–H groups in total. The lowest BCUT2D eigenvalue weighted by Gasteiger charge is -2.08. The van der Waals surface area contributed by atoms with E-state index in [1.165, 1.54) is 0 Å². The number of aliphatic hydroxyl groups excluding tert-OH is 1. The molecule has 1 aromatic carbocycles. The molecule has 1 rings (SSSR count). The van der Waals surface area contributed by atoms with E-state index >= 15 is 0 Å². The number of carboxylic acids is 1. The summed E-state index contributed by atoms with van der Waals surface area (Å²) in [6.45, 7) is 2.58. The van der Waals surface area contributed by atoms with Crippen LogP contribution in [0.15, 0.2) is 24.3 Å². The third-order valence-corrected chi connectivity index (χ3v) is 2.86. The second-order valence-electron chi connectivity index (χ2n) is 4.76. The van der Waals surface area contributed by atoms with Gasteiger partial charge in [0.1, 0.15) is 5.75 Å². The number of nitrogens with one attached hydrogen (secondary N) is 1. The van der Waals surface area contributed by atoms with Gasteiger partial charge < -0.3 is 20.3 Å². The summed E-state index contributed by atoms with van der Waals surface area (Å²) in [5.41, 5.74) is 1.16. The van der Waals surface area contributed by atoms with Crippen molar-refractivity contribution >= 4 is 11.9 Å². The maximum Gasteiger partial charge on any atom is 0.332 e. The van der Waals surface area contributed by atoms with E-state index in [0.29, 0.717) is 19.4 Å². The van der Waals surface area contributed by atoms with Crippen LogP contribution in [0.2, 0.25) is 0 Å². The van der Waals surface area contributed by atoms with Crippen molar-refractivity contribution in [1.29, 1.82) is 0 Å². The quantitative estimate of drug-likeness (QED) is 0.593. The van der Waals surface area contributed by atoms with Crippen LogP contribution in [-0.2, 0) is 9.59 Å². The predicted octanol–water partition coefficient (Wildman–Crippen LogP) is 1.11. The Bertz CT molecular complexity index is 458. The van der Waals surface area contributed by atoms with Crippen molar-refractivity contribution in [1.82, 2.24) is 5.32 Å². The summed E-state index contributed by atoms with van der Waals surface area (Å²) in [5.74, 6) is -0.693. The average Bonchev–Trinajstić information content (AvgIpc) is 2.45. The highest BCUT2D eigenvalue weighted by Crippen LogP contribution is 2.11. The second kappa shape index (κ2) is 8.97. The molecule has 0 saturated carbocycles. The molecule has 0 aliphatic carbocycles. The number of carbonyl (C=O) groups excluding carboxylic acids is 1. The summed E-state index contributed by atoms with van der Waals surface area (Å²) in [7, 11) is 0. The molecule has 0 saturated heterocycles. The van der Waals surface area contributed by atoms with E-state index in [1.54, 1.807) is 0 Å². The molecule has 0 aromatic heterocycles. The number of hydrogen-bond acceptors (Lipinski definition) is 4. The number of carboxylic acid groups (broad SMARTS) is 1. The van der Waals surface area contributed by atoms with E-state index in [1.807, 2.05) is 31.2 Å². The van der Waals surface area contributed by atoms with Crippen LogP contribution in [0, 0.1) is 6.92 Å². The highest BCUT2D eigenvalue weighted by atomic mass is 16.5. The van der Waals surface area contributed by atoms with Crippen LogP contribution in [-0.4, -0.2) is 41.3 Å². The Balaban J connectivity index is 2.08. The van der Waals surface area contributed by atoms with Gasteiger partial charge >= 0.3 is 5.97 Å². The minimum atomic E-state index is -1.44. The predicted molar refractivity (Wildman–Crippen MR) is 77.2 cm³/mol. The van der Waals surface area contributed by atoms with E-state index in [2.05, 4.69) is 5.32 Å². The summed E-state index contributed by atoms with van der Waals surface area (Å²) < 4.78 is 5.49. The SMILES string of the molecule is Cc1ccc(OCCCC(=O)NCCC(O)C(=O)O)cc1. The van der Waals surface area contributed by atoms with Crippen molar-refractivity contribution in [3.8, 4) is 5.75 Å². The van der Waals surface area contributed by atoms with Gasteiger partial charge in [0.25, 0.3) is 0 Å². The van der Waals surface area contributed by atoms with Gasteiger partial charge in [-0.15, -0.1) is 0 Å². The molecule has 21 heavy (non-hydrogen) atoms. The highest BCUT2D eigenvalue weighted by Gasteiger charge is 2.12. The lowest BCUT2D eigenvalue weighted by molar-refractivity contribution is -0.147. The van der Waals surface area contributed by atoms with Crippen LogP contribution in [0.5, 0.6) is 5.75 Å². The fourth-order valence-corrected chi connectivity index (χ4v) is 1.62. The monoisotopic (exact) mass is 295 g/mol. The van der Waals surface area contributed by atoms with Crippen molar-refractivity contribution in [2.45, 2.75) is 32.3 Å². The van der Waals surface area contributed by atoms with Crippen LogP contribution in [0.25, 0.3) is 0 Å². The fourth-order valence-electron chi connectivity index (χ4n) is 1.62. The Morgan fingerprint density at radius 1 is 1.29 bits per heavy atom. The Morgan fingerprint density at radius 2 is 1.95 bits per heavy atom. The van der Waals surface area contributed by atoms with Gasteiger partial charge in [0.05, 0.1) is 6.61 Å². The molecule has 0 heterocycles. The molecule has 0 bridgehead atoms. The van der Waals surface area contributed by atoms with Crippen molar-refractivity contribution in [3.63, 3.8) is 0 Å². The second-order valence-corrected chi connectivity index (χ2v) is 4.76. The maximum atomic E-state index is 11.5. The number of benzene rings is 1. The van der Waals surface area contributed by atoms with Gasteiger partial charge in [0.15, 0.2) is 6.10 Å². The van der Waals surface area contributed by atoms with E-state index in [4.69, 9.17) is 14.9 Å². The van der Waals surface area contributed by atoms with Crippen molar-refractivity contribution in [2.24, 2.45) is 0 Å². The van der Waals surface area contributed by atoms with Crippen molar-refractivity contribution < 1.29 is 24.5 Å². The first-order valence-corrected chi connectivity index (χ1v) is 6.86. The van der Waals surface area contributed by atoms with Gasteiger partial charge in [-0.2, -0.15) is 0 Å². The lowest BCUT2D eigenvalue weighted by Crippen LogP contribution is -2.30. The Hall–Kier alpha value is -2.08. The number of hydrogen-bond donors (Lipinski definition) is 3. The van der Waals surface area contributed by atoms with Gasteiger partial charge in [0, 0.05) is 19.4 Å². The minimum absolute atomic E-state index is 0.000932. The number of aliphatic carboxylic acids is 1. The molecule has 6 nitrogen and oxygen atoms in total. The zero-order valence-corrected chi connectivity index (χ0v) is 12.0. The summed E-state index contributed by atoms with van der Waals surface area (Å²) in [6.07, 6.45) is -0.563. The molecule has 6 heteroatoms. The summed E-state index contributed by atoms with van der Waals surface area (Å²) in [6, 6.07) is 7.66. The number of ether oxygens (including phenoxy) is 1. The molecule has 0 spiro atoms. The number of rotatable bonds is 9. The maximum absolute atomic E-state index is 11.5. The molecule has 0 radical (unpaired) electrons. The highest BCUT2D eigenvalue weighted by molar-refractivity contribution is 5.76. The molecular weight excluding hydrogens is 274 g/mol. The Kier molecular flexibility index (Phi) is 7.25. The van der Waals surface area contributed by atoms with Crippen LogP contribution < -0.4 is 10.1 Å².